The molecular formula is C21H40O2. The van der Waals surface area contributed by atoms with Crippen LogP contribution in [0.2, 0.25) is 0 Å². The molecule has 0 radical (unpaired) electrons. The molecule has 0 aromatic heterocycles. The molecule has 2 aliphatic rings. The van der Waals surface area contributed by atoms with Crippen molar-refractivity contribution in [1.29, 1.82) is 0 Å². The average Bonchev–Trinajstić information content (AvgIpc) is 2.58. The summed E-state index contributed by atoms with van der Waals surface area (Å²) in [7, 11) is 0. The third-order valence-corrected chi connectivity index (χ3v) is 5.56. The fourth-order valence-electron chi connectivity index (χ4n) is 3.95. The second-order valence-electron chi connectivity index (χ2n) is 8.93. The number of carbonyl (C=O) groups excluding carboxylic acids is 1. The van der Waals surface area contributed by atoms with E-state index in [0.29, 0.717) is 12.3 Å². The van der Waals surface area contributed by atoms with Crippen molar-refractivity contribution >= 4 is 5.97 Å². The molecule has 1 aliphatic carbocycles. The second kappa shape index (κ2) is 9.69. The number of carbonyl (C=O) groups is 1. The Bertz CT molecular complexity index is 340. The van der Waals surface area contributed by atoms with E-state index in [0.717, 1.165) is 31.1 Å². The summed E-state index contributed by atoms with van der Waals surface area (Å²) in [5, 5.41) is 0. The van der Waals surface area contributed by atoms with Gasteiger partial charge in [-0.3, -0.25) is 4.79 Å². The maximum Gasteiger partial charge on any atom is 0.306 e. The van der Waals surface area contributed by atoms with Crippen molar-refractivity contribution in [2.45, 2.75) is 105 Å². The fraction of sp³-hybridized carbons (Fsp3) is 0.952. The second-order valence-corrected chi connectivity index (χ2v) is 8.93. The van der Waals surface area contributed by atoms with Crippen LogP contribution in [0.25, 0.3) is 0 Å². The molecule has 2 atom stereocenters. The monoisotopic (exact) mass is 324 g/mol. The van der Waals surface area contributed by atoms with Crippen molar-refractivity contribution in [1.82, 2.24) is 0 Å². The van der Waals surface area contributed by atoms with E-state index in [4.69, 9.17) is 4.74 Å². The number of esters is 1. The van der Waals surface area contributed by atoms with Gasteiger partial charge in [-0.2, -0.15) is 0 Å². The first kappa shape index (κ1) is 20.5. The highest BCUT2D eigenvalue weighted by molar-refractivity contribution is 5.70. The lowest BCUT2D eigenvalue weighted by Crippen LogP contribution is -2.25. The third-order valence-electron chi connectivity index (χ3n) is 5.56. The van der Waals surface area contributed by atoms with Gasteiger partial charge in [-0.1, -0.05) is 60.8 Å². The van der Waals surface area contributed by atoms with Crippen LogP contribution >= 0.6 is 0 Å². The molecule has 0 amide bonds. The molecule has 0 N–H and O–H groups in total. The summed E-state index contributed by atoms with van der Waals surface area (Å²) in [6.07, 6.45) is 10.7. The Morgan fingerprint density at radius 3 is 2.26 bits per heavy atom. The normalized spacial score (nSPS) is 32.1. The molecule has 2 heteroatoms. The molecule has 0 spiro atoms. The zero-order chi connectivity index (χ0) is 17.5. The molecule has 0 bridgehead atoms. The Balaban J connectivity index is 0.000000816. The van der Waals surface area contributed by atoms with Gasteiger partial charge in [0.2, 0.25) is 0 Å². The van der Waals surface area contributed by atoms with Gasteiger partial charge in [0.25, 0.3) is 0 Å². The number of rotatable bonds is 3. The predicted octanol–water partition coefficient (Wildman–Crippen LogP) is 6.38. The van der Waals surface area contributed by atoms with Crippen LogP contribution in [0.3, 0.4) is 0 Å². The van der Waals surface area contributed by atoms with E-state index < -0.39 is 0 Å². The van der Waals surface area contributed by atoms with Crippen molar-refractivity contribution < 1.29 is 9.53 Å². The van der Waals surface area contributed by atoms with Crippen molar-refractivity contribution in [2.24, 2.45) is 23.2 Å². The molecule has 2 unspecified atom stereocenters. The summed E-state index contributed by atoms with van der Waals surface area (Å²) in [6, 6.07) is 0. The zero-order valence-electron chi connectivity index (χ0n) is 16.5. The molecule has 23 heavy (non-hydrogen) atoms. The predicted molar refractivity (Wildman–Crippen MR) is 98.4 cm³/mol. The number of hydrogen-bond donors (Lipinski definition) is 0. The summed E-state index contributed by atoms with van der Waals surface area (Å²) < 4.78 is 5.69. The van der Waals surface area contributed by atoms with Gasteiger partial charge in [0, 0.05) is 0 Å². The summed E-state index contributed by atoms with van der Waals surface area (Å²) in [5.41, 5.74) is 0.120. The molecule has 1 saturated carbocycles. The lowest BCUT2D eigenvalue weighted by atomic mass is 9.75. The maximum atomic E-state index is 11.9. The summed E-state index contributed by atoms with van der Waals surface area (Å²) in [5.74, 6) is 2.47. The molecule has 136 valence electrons. The minimum Gasteiger partial charge on any atom is -0.462 e. The van der Waals surface area contributed by atoms with Crippen LogP contribution in [-0.2, 0) is 9.53 Å². The molecule has 1 aliphatic heterocycles. The summed E-state index contributed by atoms with van der Waals surface area (Å²) in [6.45, 7) is 13.4. The van der Waals surface area contributed by atoms with Crippen LogP contribution in [0.5, 0.6) is 0 Å². The van der Waals surface area contributed by atoms with E-state index in [-0.39, 0.29) is 17.5 Å². The first-order valence-electron chi connectivity index (χ1n) is 9.96. The van der Waals surface area contributed by atoms with Gasteiger partial charge in [0.15, 0.2) is 0 Å². The van der Waals surface area contributed by atoms with Crippen LogP contribution in [0.15, 0.2) is 0 Å². The number of hydrogen-bond acceptors (Lipinski definition) is 2. The van der Waals surface area contributed by atoms with Crippen LogP contribution in [0.1, 0.15) is 99.3 Å². The molecular weight excluding hydrogens is 284 g/mol. The van der Waals surface area contributed by atoms with Crippen LogP contribution in [0, 0.1) is 23.2 Å². The van der Waals surface area contributed by atoms with E-state index in [9.17, 15) is 4.79 Å². The molecule has 1 heterocycles. The minimum atomic E-state index is 0.0157. The first-order chi connectivity index (χ1) is 10.8. The van der Waals surface area contributed by atoms with E-state index >= 15 is 0 Å². The maximum absolute atomic E-state index is 11.9. The highest BCUT2D eigenvalue weighted by Crippen LogP contribution is 2.38. The quantitative estimate of drug-likeness (QED) is 0.563. The smallest absolute Gasteiger partial charge is 0.306 e. The van der Waals surface area contributed by atoms with Crippen molar-refractivity contribution in [2.75, 3.05) is 0 Å². The molecule has 1 saturated heterocycles. The van der Waals surface area contributed by atoms with Crippen molar-refractivity contribution in [3.8, 4) is 0 Å². The molecule has 2 fully saturated rings. The topological polar surface area (TPSA) is 26.3 Å². The van der Waals surface area contributed by atoms with E-state index in [1.54, 1.807) is 0 Å². The van der Waals surface area contributed by atoms with Gasteiger partial charge in [-0.05, 0) is 55.3 Å². The highest BCUT2D eigenvalue weighted by Gasteiger charge is 2.32. The Hall–Kier alpha value is -0.530. The highest BCUT2D eigenvalue weighted by atomic mass is 16.5. The van der Waals surface area contributed by atoms with Gasteiger partial charge in [-0.15, -0.1) is 0 Å². The Morgan fingerprint density at radius 1 is 1.13 bits per heavy atom. The van der Waals surface area contributed by atoms with Crippen molar-refractivity contribution in [3.05, 3.63) is 0 Å². The van der Waals surface area contributed by atoms with Gasteiger partial charge in [0.05, 0.1) is 6.42 Å². The number of ether oxygens (including phenoxy) is 1. The van der Waals surface area contributed by atoms with Gasteiger partial charge >= 0.3 is 5.97 Å². The van der Waals surface area contributed by atoms with Crippen LogP contribution < -0.4 is 0 Å². The largest absolute Gasteiger partial charge is 0.462 e. The molecule has 2 rings (SSSR count). The van der Waals surface area contributed by atoms with Crippen LogP contribution in [0.4, 0.5) is 0 Å². The van der Waals surface area contributed by atoms with Gasteiger partial charge in [-0.25, -0.2) is 0 Å². The minimum absolute atomic E-state index is 0.0157. The Kier molecular flexibility index (Phi) is 8.64. The van der Waals surface area contributed by atoms with E-state index in [1.807, 2.05) is 0 Å². The lowest BCUT2D eigenvalue weighted by molar-refractivity contribution is -0.150. The lowest BCUT2D eigenvalue weighted by Gasteiger charge is -2.32. The Morgan fingerprint density at radius 2 is 1.70 bits per heavy atom. The summed E-state index contributed by atoms with van der Waals surface area (Å²) >= 11 is 0. The average molecular weight is 325 g/mol. The van der Waals surface area contributed by atoms with Gasteiger partial charge in [0.1, 0.15) is 6.10 Å². The SMILES string of the molecule is CC1CCC(C(C)CC2CCC(C)(C)CC(=O)O2)CC1.CCC. The third kappa shape index (κ3) is 7.72. The number of cyclic esters (lactones) is 1. The Labute approximate surface area is 144 Å². The fourth-order valence-corrected chi connectivity index (χ4v) is 3.95. The zero-order valence-corrected chi connectivity index (χ0v) is 16.5. The molecule has 2 nitrogen and oxygen atoms in total. The standard InChI is InChI=1S/C18H32O2.C3H8/c1-13-5-7-15(8-6-13)14(2)11-16-9-10-18(3,4)12-17(19)20-16;1-3-2/h13-16H,5-12H2,1-4H3;3H2,1-2H3. The molecule has 0 aromatic carbocycles. The first-order valence-corrected chi connectivity index (χ1v) is 9.96. The van der Waals surface area contributed by atoms with E-state index in [1.165, 1.54) is 32.1 Å². The molecule has 0 aromatic rings. The summed E-state index contributed by atoms with van der Waals surface area (Å²) in [4.78, 5) is 11.9. The van der Waals surface area contributed by atoms with Crippen LogP contribution in [-0.4, -0.2) is 12.1 Å². The van der Waals surface area contributed by atoms with Crippen molar-refractivity contribution in [3.63, 3.8) is 0 Å². The van der Waals surface area contributed by atoms with E-state index in [2.05, 4.69) is 41.5 Å². The van der Waals surface area contributed by atoms with Gasteiger partial charge < -0.3 is 4.74 Å².